The highest BCUT2D eigenvalue weighted by Crippen LogP contribution is 2.50. The van der Waals surface area contributed by atoms with E-state index in [4.69, 9.17) is 4.42 Å². The van der Waals surface area contributed by atoms with Crippen molar-refractivity contribution in [2.75, 3.05) is 0 Å². The predicted molar refractivity (Wildman–Crippen MR) is 285 cm³/mol. The summed E-state index contributed by atoms with van der Waals surface area (Å²) < 4.78 is 15.8. The normalized spacial score (nSPS) is 12.0. The summed E-state index contributed by atoms with van der Waals surface area (Å²) in [5, 5.41) is 35.3. The number of hydrogen-bond donors (Lipinski definition) is 0. The Labute approximate surface area is 399 Å². The lowest BCUT2D eigenvalue weighted by atomic mass is 9.98. The van der Waals surface area contributed by atoms with Gasteiger partial charge in [-0.25, -0.2) is 0 Å². The van der Waals surface area contributed by atoms with E-state index in [9.17, 15) is 10.5 Å². The molecular weight excluding hydrogens is 857 g/mol. The van der Waals surface area contributed by atoms with Crippen LogP contribution >= 0.6 is 0 Å². The molecule has 15 rings (SSSR count). The lowest BCUT2D eigenvalue weighted by molar-refractivity contribution is 0.673. The molecule has 10 aromatic carbocycles. The lowest BCUT2D eigenvalue weighted by Crippen LogP contribution is -2.16. The average molecular weight is 893 g/mol. The van der Waals surface area contributed by atoms with Crippen LogP contribution in [0.5, 0.6) is 0 Å². The van der Waals surface area contributed by atoms with Gasteiger partial charge in [0, 0.05) is 48.5 Å². The van der Waals surface area contributed by atoms with Crippen molar-refractivity contribution in [1.29, 1.82) is 10.5 Å². The van der Waals surface area contributed by atoms with Gasteiger partial charge in [-0.05, 0) is 73.7 Å². The molecule has 0 bridgehead atoms. The van der Waals surface area contributed by atoms with Crippen LogP contribution in [0.25, 0.3) is 132 Å². The van der Waals surface area contributed by atoms with E-state index in [1.54, 1.807) is 0 Å². The average Bonchev–Trinajstić information content (AvgIpc) is 4.21. The number of rotatable bonds is 4. The Bertz CT molecular complexity index is 4720. The molecule has 5 heterocycles. The van der Waals surface area contributed by atoms with E-state index in [1.807, 2.05) is 18.2 Å². The first-order chi connectivity index (χ1) is 34.6. The molecular formula is C63H36N6O. The fourth-order valence-electron chi connectivity index (χ4n) is 11.9. The number of nitriles is 2. The third-order valence-electron chi connectivity index (χ3n) is 14.7. The van der Waals surface area contributed by atoms with Gasteiger partial charge in [0.15, 0.2) is 0 Å². The summed E-state index contributed by atoms with van der Waals surface area (Å²) in [4.78, 5) is 0. The first-order valence-electron chi connectivity index (χ1n) is 23.5. The molecule has 0 saturated carbocycles. The van der Waals surface area contributed by atoms with E-state index in [-0.39, 0.29) is 0 Å². The van der Waals surface area contributed by atoms with Crippen molar-refractivity contribution < 1.29 is 4.42 Å². The van der Waals surface area contributed by atoms with Crippen molar-refractivity contribution >= 4 is 109 Å². The Morgan fingerprint density at radius 3 is 1.06 bits per heavy atom. The maximum Gasteiger partial charge on any atom is 0.145 e. The molecule has 0 amide bonds. The van der Waals surface area contributed by atoms with Crippen LogP contribution in [0.3, 0.4) is 0 Å². The number of fused-ring (bicyclic) bond motifs is 16. The highest BCUT2D eigenvalue weighted by Gasteiger charge is 2.35. The molecule has 70 heavy (non-hydrogen) atoms. The highest BCUT2D eigenvalue weighted by molar-refractivity contribution is 6.24. The summed E-state index contributed by atoms with van der Waals surface area (Å²) in [5.74, 6) is 0. The van der Waals surface area contributed by atoms with Crippen molar-refractivity contribution in [3.05, 3.63) is 217 Å². The van der Waals surface area contributed by atoms with Crippen LogP contribution in [-0.4, -0.2) is 18.3 Å². The number of benzene rings is 10. The van der Waals surface area contributed by atoms with E-state index in [0.29, 0.717) is 33.9 Å². The van der Waals surface area contributed by atoms with Crippen molar-refractivity contribution in [2.45, 2.75) is 6.92 Å². The van der Waals surface area contributed by atoms with Crippen molar-refractivity contribution in [3.8, 4) is 34.9 Å². The minimum atomic E-state index is 0.406. The molecule has 0 spiro atoms. The van der Waals surface area contributed by atoms with E-state index in [0.717, 1.165) is 115 Å². The molecule has 0 unspecified atom stereocenters. The van der Waals surface area contributed by atoms with Gasteiger partial charge in [0.2, 0.25) is 0 Å². The van der Waals surface area contributed by atoms with Crippen molar-refractivity contribution in [1.82, 2.24) is 18.3 Å². The zero-order valence-electron chi connectivity index (χ0n) is 37.6. The number of furan rings is 1. The minimum absolute atomic E-state index is 0.406. The number of aromatic nitrogens is 4. The molecule has 0 saturated heterocycles. The molecule has 0 aliphatic heterocycles. The smallest absolute Gasteiger partial charge is 0.145 e. The predicted octanol–water partition coefficient (Wildman–Crippen LogP) is 16.0. The van der Waals surface area contributed by atoms with Gasteiger partial charge < -0.3 is 22.7 Å². The highest BCUT2D eigenvalue weighted by atomic mass is 16.3. The Hall–Kier alpha value is -9.82. The monoisotopic (exact) mass is 892 g/mol. The van der Waals surface area contributed by atoms with Gasteiger partial charge in [-0.3, -0.25) is 0 Å². The Balaban J connectivity index is 1.27. The van der Waals surface area contributed by atoms with E-state index in [1.165, 1.54) is 0 Å². The van der Waals surface area contributed by atoms with Crippen LogP contribution in [0.2, 0.25) is 0 Å². The number of hydrogen-bond acceptors (Lipinski definition) is 3. The van der Waals surface area contributed by atoms with E-state index < -0.39 is 0 Å². The first-order valence-corrected chi connectivity index (χ1v) is 23.5. The second kappa shape index (κ2) is 14.1. The molecule has 0 aliphatic carbocycles. The Morgan fingerprint density at radius 1 is 0.329 bits per heavy atom. The summed E-state index contributed by atoms with van der Waals surface area (Å²) in [5.41, 5.74) is 13.1. The second-order valence-electron chi connectivity index (χ2n) is 18.3. The van der Waals surface area contributed by atoms with Gasteiger partial charge in [0.1, 0.15) is 34.4 Å². The molecule has 0 N–H and O–H groups in total. The second-order valence-corrected chi connectivity index (χ2v) is 18.3. The molecule has 0 radical (unpaired) electrons. The van der Waals surface area contributed by atoms with Gasteiger partial charge in [-0.15, -0.1) is 0 Å². The summed E-state index contributed by atoms with van der Waals surface area (Å²) in [7, 11) is 0. The maximum absolute atomic E-state index is 12.6. The van der Waals surface area contributed by atoms with E-state index in [2.05, 4.69) is 219 Å². The van der Waals surface area contributed by atoms with E-state index >= 15 is 0 Å². The lowest BCUT2D eigenvalue weighted by Gasteiger charge is -2.27. The SMILES string of the molecule is Cc1ccc2c(c1)c1c3oc4ccccc4c3ccc1n2-c1c(C#N)c(-n2c3ccccc3c3ccccc32)c(-n2c3ccccc3c3ccccc32)c(C#N)c1-n1c2ccccc2c2ccccc21. The minimum Gasteiger partial charge on any atom is -0.455 e. The molecule has 0 atom stereocenters. The van der Waals surface area contributed by atoms with Crippen LogP contribution < -0.4 is 0 Å². The molecule has 5 aromatic heterocycles. The van der Waals surface area contributed by atoms with Crippen LogP contribution in [0.15, 0.2) is 205 Å². The topological polar surface area (TPSA) is 80.4 Å². The van der Waals surface area contributed by atoms with Gasteiger partial charge in [-0.1, -0.05) is 139 Å². The summed E-state index contributed by atoms with van der Waals surface area (Å²) in [6.07, 6.45) is 0. The fraction of sp³-hybridized carbons (Fsp3) is 0.0159. The Kier molecular flexibility index (Phi) is 7.72. The summed E-state index contributed by atoms with van der Waals surface area (Å²) in [6, 6.07) is 75.1. The molecule has 0 aliphatic rings. The maximum atomic E-state index is 12.6. The zero-order chi connectivity index (χ0) is 46.4. The quantitative estimate of drug-likeness (QED) is 0.176. The molecule has 7 nitrogen and oxygen atoms in total. The van der Waals surface area contributed by atoms with Gasteiger partial charge in [-0.2, -0.15) is 10.5 Å². The van der Waals surface area contributed by atoms with Crippen LogP contribution in [0, 0.1) is 29.6 Å². The molecule has 0 fully saturated rings. The van der Waals surface area contributed by atoms with Crippen LogP contribution in [-0.2, 0) is 0 Å². The van der Waals surface area contributed by atoms with Crippen molar-refractivity contribution in [3.63, 3.8) is 0 Å². The van der Waals surface area contributed by atoms with Gasteiger partial charge >= 0.3 is 0 Å². The van der Waals surface area contributed by atoms with Crippen LogP contribution in [0.1, 0.15) is 16.7 Å². The largest absolute Gasteiger partial charge is 0.455 e. The number of para-hydroxylation sites is 7. The summed E-state index contributed by atoms with van der Waals surface area (Å²) >= 11 is 0. The third-order valence-corrected chi connectivity index (χ3v) is 14.7. The van der Waals surface area contributed by atoms with Gasteiger partial charge in [0.05, 0.1) is 72.3 Å². The number of aryl methyl sites for hydroxylation is 1. The standard InChI is InChI=1S/C63H36N6O/c1-37-30-32-55-46(34-37)58-56(33-31-45-44-22-8-15-29-57(44)70-63(45)58)69(55)62-48(36-65)60(67-51-25-11-4-18-40(51)41-19-5-12-26-52(41)67)59(66-49-23-9-2-16-38(49)39-17-3-10-24-50(39)66)47(35-64)61(62)68-53-27-13-6-20-42(53)43-21-7-14-28-54(43)68/h2-34H,1H3. The number of nitrogens with zero attached hydrogens (tertiary/aromatic N) is 6. The molecule has 324 valence electrons. The van der Waals surface area contributed by atoms with Crippen LogP contribution in [0.4, 0.5) is 0 Å². The summed E-state index contributed by atoms with van der Waals surface area (Å²) in [6.45, 7) is 2.11. The van der Waals surface area contributed by atoms with Gasteiger partial charge in [0.25, 0.3) is 0 Å². The Morgan fingerprint density at radius 2 is 0.657 bits per heavy atom. The first kappa shape index (κ1) is 38.3. The molecule has 15 aromatic rings. The third kappa shape index (κ3) is 4.89. The molecule has 7 heteroatoms. The van der Waals surface area contributed by atoms with Crippen molar-refractivity contribution in [2.24, 2.45) is 0 Å². The zero-order valence-corrected chi connectivity index (χ0v) is 37.6. The fourth-order valence-corrected chi connectivity index (χ4v) is 11.9.